The lowest BCUT2D eigenvalue weighted by atomic mass is 9.98. The van der Waals surface area contributed by atoms with Gasteiger partial charge in [0.25, 0.3) is 5.91 Å². The first kappa shape index (κ1) is 19.3. The molecule has 3 amide bonds. The average molecular weight is 385 g/mol. The van der Waals surface area contributed by atoms with Crippen LogP contribution in [0.4, 0.5) is 14.9 Å². The van der Waals surface area contributed by atoms with E-state index in [1.165, 1.54) is 24.5 Å². The van der Waals surface area contributed by atoms with Crippen molar-refractivity contribution >= 4 is 28.6 Å². The van der Waals surface area contributed by atoms with Crippen LogP contribution in [-0.2, 0) is 0 Å². The zero-order valence-corrected chi connectivity index (χ0v) is 15.6. The molecule has 2 heterocycles. The third kappa shape index (κ3) is 3.93. The lowest BCUT2D eigenvalue weighted by Crippen LogP contribution is -2.35. The van der Waals surface area contributed by atoms with Crippen molar-refractivity contribution in [3.63, 3.8) is 0 Å². The Morgan fingerprint density at radius 1 is 1.21 bits per heavy atom. The third-order valence-corrected chi connectivity index (χ3v) is 4.30. The molecular weight excluding hydrogens is 365 g/mol. The van der Waals surface area contributed by atoms with E-state index in [-0.39, 0.29) is 17.6 Å². The van der Waals surface area contributed by atoms with Gasteiger partial charge in [-0.2, -0.15) is 0 Å². The molecule has 2 aromatic heterocycles. The predicted octanol–water partition coefficient (Wildman–Crippen LogP) is 3.29. The zero-order chi connectivity index (χ0) is 20.4. The summed E-state index contributed by atoms with van der Waals surface area (Å²) < 4.78 is 19.4. The highest BCUT2D eigenvalue weighted by atomic mass is 19.1. The van der Waals surface area contributed by atoms with E-state index in [9.17, 15) is 14.0 Å². The zero-order valence-electron chi connectivity index (χ0n) is 15.6. The van der Waals surface area contributed by atoms with Crippen LogP contribution in [0.25, 0.3) is 11.0 Å². The molecular formula is C19H20FN5O3. The average Bonchev–Trinajstić information content (AvgIpc) is 2.96. The monoisotopic (exact) mass is 385 g/mol. The number of amides is 3. The molecule has 3 aromatic rings. The number of rotatable bonds is 5. The molecule has 0 bridgehead atoms. The first-order valence-corrected chi connectivity index (χ1v) is 8.64. The van der Waals surface area contributed by atoms with Crippen molar-refractivity contribution in [2.45, 2.75) is 26.8 Å². The summed E-state index contributed by atoms with van der Waals surface area (Å²) in [6.07, 6.45) is 2.57. The number of nitrogens with two attached hydrogens (primary N) is 1. The highest BCUT2D eigenvalue weighted by Gasteiger charge is 2.25. The summed E-state index contributed by atoms with van der Waals surface area (Å²) in [5, 5.41) is 6.11. The topological polar surface area (TPSA) is 123 Å². The smallest absolute Gasteiger partial charge is 0.319 e. The Morgan fingerprint density at radius 3 is 2.50 bits per heavy atom. The highest BCUT2D eigenvalue weighted by molar-refractivity contribution is 5.91. The number of furan rings is 1. The van der Waals surface area contributed by atoms with Gasteiger partial charge in [-0.25, -0.2) is 19.2 Å². The number of hydrogen-bond acceptors (Lipinski definition) is 5. The van der Waals surface area contributed by atoms with Crippen molar-refractivity contribution < 1.29 is 18.4 Å². The Hall–Kier alpha value is -3.49. The molecule has 0 aliphatic rings. The molecule has 0 fully saturated rings. The van der Waals surface area contributed by atoms with Gasteiger partial charge in [0.15, 0.2) is 0 Å². The number of hydrogen-bond donors (Lipinski definition) is 3. The van der Waals surface area contributed by atoms with Crippen molar-refractivity contribution in [3.05, 3.63) is 53.6 Å². The largest absolute Gasteiger partial charge is 0.459 e. The fourth-order valence-corrected chi connectivity index (χ4v) is 2.87. The molecule has 0 spiro atoms. The first-order valence-electron chi connectivity index (χ1n) is 8.64. The van der Waals surface area contributed by atoms with Crippen molar-refractivity contribution in [3.8, 4) is 0 Å². The summed E-state index contributed by atoms with van der Waals surface area (Å²) in [4.78, 5) is 31.0. The van der Waals surface area contributed by atoms with Crippen molar-refractivity contribution in [2.75, 3.05) is 5.32 Å². The maximum atomic E-state index is 13.6. The molecule has 0 unspecified atom stereocenters. The summed E-state index contributed by atoms with van der Waals surface area (Å²) in [6, 6.07) is 3.36. The second-order valence-corrected chi connectivity index (χ2v) is 6.71. The SMILES string of the molecule is Cc1c([C@H](NC(=O)Nc2cnc(C(N)=O)nc2)C(C)C)oc2ccc(F)cc12. The van der Waals surface area contributed by atoms with Crippen LogP contribution in [0, 0.1) is 18.7 Å². The van der Waals surface area contributed by atoms with Crippen molar-refractivity contribution in [2.24, 2.45) is 11.7 Å². The number of halogens is 1. The normalized spacial score (nSPS) is 12.2. The second kappa shape index (κ2) is 7.63. The van der Waals surface area contributed by atoms with Gasteiger partial charge >= 0.3 is 6.03 Å². The number of benzene rings is 1. The highest BCUT2D eigenvalue weighted by Crippen LogP contribution is 2.33. The molecule has 3 rings (SSSR count). The Kier molecular flexibility index (Phi) is 5.25. The number of nitrogens with one attached hydrogen (secondary N) is 2. The quantitative estimate of drug-likeness (QED) is 0.622. The molecule has 28 heavy (non-hydrogen) atoms. The Balaban J connectivity index is 1.80. The van der Waals surface area contributed by atoms with Gasteiger partial charge in [-0.1, -0.05) is 13.8 Å². The number of urea groups is 1. The van der Waals surface area contributed by atoms with Crippen LogP contribution < -0.4 is 16.4 Å². The molecule has 0 radical (unpaired) electrons. The Labute approximate surface area is 160 Å². The van der Waals surface area contributed by atoms with Crippen LogP contribution in [0.1, 0.15) is 41.8 Å². The summed E-state index contributed by atoms with van der Waals surface area (Å²) >= 11 is 0. The fourth-order valence-electron chi connectivity index (χ4n) is 2.87. The predicted molar refractivity (Wildman–Crippen MR) is 101 cm³/mol. The van der Waals surface area contributed by atoms with Gasteiger partial charge in [-0.15, -0.1) is 0 Å². The maximum absolute atomic E-state index is 13.6. The molecule has 8 nitrogen and oxygen atoms in total. The molecule has 0 aliphatic carbocycles. The summed E-state index contributed by atoms with van der Waals surface area (Å²) in [5.41, 5.74) is 6.71. The molecule has 0 aliphatic heterocycles. The van der Waals surface area contributed by atoms with Gasteiger partial charge in [0, 0.05) is 10.9 Å². The number of carbonyl (C=O) groups is 2. The van der Waals surface area contributed by atoms with E-state index in [0.29, 0.717) is 22.4 Å². The second-order valence-electron chi connectivity index (χ2n) is 6.71. The molecule has 9 heteroatoms. The van der Waals surface area contributed by atoms with E-state index in [4.69, 9.17) is 10.2 Å². The minimum Gasteiger partial charge on any atom is -0.459 e. The first-order chi connectivity index (χ1) is 13.3. The number of primary amides is 1. The van der Waals surface area contributed by atoms with Crippen molar-refractivity contribution in [1.82, 2.24) is 15.3 Å². The van der Waals surface area contributed by atoms with E-state index in [2.05, 4.69) is 20.6 Å². The Morgan fingerprint density at radius 2 is 1.89 bits per heavy atom. The molecule has 1 aromatic carbocycles. The van der Waals surface area contributed by atoms with Gasteiger partial charge in [0.2, 0.25) is 5.82 Å². The van der Waals surface area contributed by atoms with Crippen LogP contribution in [0.2, 0.25) is 0 Å². The molecule has 0 saturated carbocycles. The van der Waals surface area contributed by atoms with E-state index in [1.807, 2.05) is 20.8 Å². The number of fused-ring (bicyclic) bond motifs is 1. The minimum absolute atomic E-state index is 0.00310. The fraction of sp³-hybridized carbons (Fsp3) is 0.263. The number of anilines is 1. The number of nitrogens with zero attached hydrogens (tertiary/aromatic N) is 2. The van der Waals surface area contributed by atoms with E-state index in [0.717, 1.165) is 5.56 Å². The molecule has 1 atom stereocenters. The van der Waals surface area contributed by atoms with Gasteiger partial charge in [0.05, 0.1) is 24.1 Å². The van der Waals surface area contributed by atoms with Gasteiger partial charge in [-0.05, 0) is 31.0 Å². The Bertz CT molecular complexity index is 1030. The van der Waals surface area contributed by atoms with Crippen LogP contribution >= 0.6 is 0 Å². The maximum Gasteiger partial charge on any atom is 0.319 e. The van der Waals surface area contributed by atoms with E-state index < -0.39 is 18.0 Å². The molecule has 0 saturated heterocycles. The van der Waals surface area contributed by atoms with E-state index >= 15 is 0 Å². The summed E-state index contributed by atoms with van der Waals surface area (Å²) in [5.74, 6) is -0.688. The number of carbonyl (C=O) groups excluding carboxylic acids is 2. The molecule has 4 N–H and O–H groups in total. The molecule has 146 valence electrons. The lowest BCUT2D eigenvalue weighted by Gasteiger charge is -2.21. The standard InChI is InChI=1S/C19H20FN5O3/c1-9(2)15(16-10(3)13-6-11(20)4-5-14(13)28-16)25-19(27)24-12-7-22-18(17(21)26)23-8-12/h4-9,15H,1-3H3,(H2,21,26)(H2,24,25,27)/t15-/m1/s1. The van der Waals surface area contributed by atoms with Gasteiger partial charge < -0.3 is 20.8 Å². The van der Waals surface area contributed by atoms with Crippen LogP contribution in [0.5, 0.6) is 0 Å². The number of aromatic nitrogens is 2. The lowest BCUT2D eigenvalue weighted by molar-refractivity contribution is 0.0990. The van der Waals surface area contributed by atoms with Gasteiger partial charge in [0.1, 0.15) is 17.2 Å². The van der Waals surface area contributed by atoms with Crippen LogP contribution in [0.15, 0.2) is 35.0 Å². The van der Waals surface area contributed by atoms with Crippen LogP contribution in [0.3, 0.4) is 0 Å². The third-order valence-electron chi connectivity index (χ3n) is 4.30. The minimum atomic E-state index is -0.757. The van der Waals surface area contributed by atoms with E-state index in [1.54, 1.807) is 6.07 Å². The summed E-state index contributed by atoms with van der Waals surface area (Å²) in [6.45, 7) is 5.69. The summed E-state index contributed by atoms with van der Waals surface area (Å²) in [7, 11) is 0. The van der Waals surface area contributed by atoms with Gasteiger partial charge in [-0.3, -0.25) is 4.79 Å². The number of aryl methyl sites for hydroxylation is 1. The van der Waals surface area contributed by atoms with Crippen LogP contribution in [-0.4, -0.2) is 21.9 Å². The van der Waals surface area contributed by atoms with Crippen molar-refractivity contribution in [1.29, 1.82) is 0 Å².